The third-order valence-electron chi connectivity index (χ3n) is 4.78. The normalized spacial score (nSPS) is 28.0. The maximum Gasteiger partial charge on any atom is 0.360 e. The number of piperidine rings is 1. The van der Waals surface area contributed by atoms with Crippen LogP contribution in [0, 0.1) is 0 Å². The predicted molar refractivity (Wildman–Crippen MR) is 84.3 cm³/mol. The van der Waals surface area contributed by atoms with Gasteiger partial charge in [0.15, 0.2) is 5.69 Å². The molecule has 3 rings (SSSR count). The lowest BCUT2D eigenvalue weighted by molar-refractivity contribution is -0.0328. The second-order valence-electron chi connectivity index (χ2n) is 7.17. The van der Waals surface area contributed by atoms with Gasteiger partial charge in [0.2, 0.25) is 0 Å². The van der Waals surface area contributed by atoms with Crippen LogP contribution in [0.15, 0.2) is 6.20 Å². The molecule has 0 radical (unpaired) electrons. The van der Waals surface area contributed by atoms with E-state index in [-0.39, 0.29) is 17.3 Å². The minimum absolute atomic E-state index is 0.0151. The molecule has 0 amide bonds. The fourth-order valence-corrected chi connectivity index (χ4v) is 3.56. The molecule has 2 atom stereocenters. The number of hydrogen-bond acceptors (Lipinski definition) is 6. The molecule has 1 aromatic heterocycles. The van der Waals surface area contributed by atoms with Gasteiger partial charge in [0.1, 0.15) is 0 Å². The van der Waals surface area contributed by atoms with Gasteiger partial charge in [-0.05, 0) is 46.1 Å². The number of nitrogens with zero attached hydrogens (tertiary/aromatic N) is 4. The zero-order valence-electron chi connectivity index (χ0n) is 14.2. The summed E-state index contributed by atoms with van der Waals surface area (Å²) in [6.45, 7) is 7.31. The average molecular weight is 322 g/mol. The second-order valence-corrected chi connectivity index (χ2v) is 7.17. The second kappa shape index (κ2) is 6.57. The summed E-state index contributed by atoms with van der Waals surface area (Å²) in [5.41, 5.74) is 0.284. The molecular weight excluding hydrogens is 296 g/mol. The lowest BCUT2D eigenvalue weighted by Crippen LogP contribution is -2.41. The van der Waals surface area contributed by atoms with E-state index < -0.39 is 5.97 Å². The van der Waals surface area contributed by atoms with E-state index in [1.807, 2.05) is 0 Å². The molecule has 23 heavy (non-hydrogen) atoms. The van der Waals surface area contributed by atoms with Crippen molar-refractivity contribution in [2.24, 2.45) is 0 Å². The van der Waals surface area contributed by atoms with Crippen molar-refractivity contribution in [3.63, 3.8) is 0 Å². The number of hydrogen-bond donors (Lipinski definition) is 0. The molecule has 0 aromatic carbocycles. The summed E-state index contributed by atoms with van der Waals surface area (Å²) in [5, 5.41) is 8.01. The van der Waals surface area contributed by atoms with Crippen LogP contribution >= 0.6 is 0 Å². The van der Waals surface area contributed by atoms with E-state index in [0.717, 1.165) is 45.3 Å². The number of aromatic nitrogens is 3. The van der Waals surface area contributed by atoms with Crippen molar-refractivity contribution < 1.29 is 14.3 Å². The minimum atomic E-state index is -0.439. The monoisotopic (exact) mass is 322 g/mol. The molecule has 0 aliphatic carbocycles. The molecule has 1 aromatic rings. The molecule has 7 nitrogen and oxygen atoms in total. The Kier molecular flexibility index (Phi) is 4.68. The number of rotatable bonds is 4. The Morgan fingerprint density at radius 2 is 2.30 bits per heavy atom. The van der Waals surface area contributed by atoms with Crippen LogP contribution in [-0.2, 0) is 9.47 Å². The van der Waals surface area contributed by atoms with Crippen LogP contribution < -0.4 is 0 Å². The molecule has 7 heteroatoms. The summed E-state index contributed by atoms with van der Waals surface area (Å²) in [4.78, 5) is 13.9. The topological polar surface area (TPSA) is 69.5 Å². The van der Waals surface area contributed by atoms with Gasteiger partial charge in [-0.25, -0.2) is 9.48 Å². The highest BCUT2D eigenvalue weighted by Gasteiger charge is 2.33. The largest absolute Gasteiger partial charge is 0.464 e. The molecule has 0 saturated carbocycles. The van der Waals surface area contributed by atoms with Crippen molar-refractivity contribution in [1.82, 2.24) is 19.9 Å². The number of carbonyl (C=O) groups is 1. The molecule has 2 fully saturated rings. The number of carbonyl (C=O) groups excluding carboxylic acids is 1. The SMILES string of the molecule is COC(=O)c1cn([C@@H]2CCCN(C[C@@H]3CCC(C)(C)O3)C2)nn1. The Morgan fingerprint density at radius 1 is 1.48 bits per heavy atom. The lowest BCUT2D eigenvalue weighted by Gasteiger charge is -2.34. The van der Waals surface area contributed by atoms with E-state index in [1.165, 1.54) is 7.11 Å². The molecular formula is C16H26N4O3. The van der Waals surface area contributed by atoms with Crippen LogP contribution in [0.4, 0.5) is 0 Å². The Labute approximate surface area is 136 Å². The maximum absolute atomic E-state index is 11.5. The highest BCUT2D eigenvalue weighted by molar-refractivity contribution is 5.86. The van der Waals surface area contributed by atoms with Crippen molar-refractivity contribution in [3.05, 3.63) is 11.9 Å². The number of ether oxygens (including phenoxy) is 2. The third-order valence-corrected chi connectivity index (χ3v) is 4.78. The van der Waals surface area contributed by atoms with Gasteiger partial charge in [-0.3, -0.25) is 4.90 Å². The molecule has 2 aliphatic rings. The van der Waals surface area contributed by atoms with Crippen molar-refractivity contribution in [2.75, 3.05) is 26.7 Å². The molecule has 2 aliphatic heterocycles. The summed E-state index contributed by atoms with van der Waals surface area (Å²) in [6, 6.07) is 0.254. The van der Waals surface area contributed by atoms with Gasteiger partial charge in [0.25, 0.3) is 0 Å². The zero-order chi connectivity index (χ0) is 16.4. The van der Waals surface area contributed by atoms with Crippen LogP contribution in [0.3, 0.4) is 0 Å². The van der Waals surface area contributed by atoms with Crippen LogP contribution in [-0.4, -0.2) is 64.3 Å². The summed E-state index contributed by atoms with van der Waals surface area (Å²) in [7, 11) is 1.35. The Bertz CT molecular complexity index is 557. The van der Waals surface area contributed by atoms with Crippen molar-refractivity contribution in [3.8, 4) is 0 Å². The fraction of sp³-hybridized carbons (Fsp3) is 0.812. The van der Waals surface area contributed by atoms with Crippen molar-refractivity contribution in [2.45, 2.75) is 57.3 Å². The van der Waals surface area contributed by atoms with Gasteiger partial charge in [0, 0.05) is 13.1 Å². The summed E-state index contributed by atoms with van der Waals surface area (Å²) >= 11 is 0. The Balaban J connectivity index is 1.58. The lowest BCUT2D eigenvalue weighted by atomic mass is 10.0. The quantitative estimate of drug-likeness (QED) is 0.785. The molecule has 0 N–H and O–H groups in total. The molecule has 128 valence electrons. The minimum Gasteiger partial charge on any atom is -0.464 e. The molecule has 2 saturated heterocycles. The first-order valence-electron chi connectivity index (χ1n) is 8.37. The molecule has 0 unspecified atom stereocenters. The number of methoxy groups -OCH3 is 1. The molecule has 0 bridgehead atoms. The zero-order valence-corrected chi connectivity index (χ0v) is 14.2. The Hall–Kier alpha value is -1.47. The fourth-order valence-electron chi connectivity index (χ4n) is 3.56. The summed E-state index contributed by atoms with van der Waals surface area (Å²) in [5.74, 6) is -0.439. The van der Waals surface area contributed by atoms with Gasteiger partial charge >= 0.3 is 5.97 Å². The first-order valence-corrected chi connectivity index (χ1v) is 8.37. The maximum atomic E-state index is 11.5. The smallest absolute Gasteiger partial charge is 0.360 e. The van der Waals surface area contributed by atoms with Crippen LogP contribution in [0.1, 0.15) is 56.1 Å². The van der Waals surface area contributed by atoms with E-state index in [9.17, 15) is 4.79 Å². The van der Waals surface area contributed by atoms with Crippen LogP contribution in [0.25, 0.3) is 0 Å². The van der Waals surface area contributed by atoms with Gasteiger partial charge in [0.05, 0.1) is 31.1 Å². The third kappa shape index (κ3) is 3.90. The van der Waals surface area contributed by atoms with Gasteiger partial charge in [-0.15, -0.1) is 5.10 Å². The summed E-state index contributed by atoms with van der Waals surface area (Å²) in [6.07, 6.45) is 6.44. The number of likely N-dealkylation sites (tertiary alicyclic amines) is 1. The van der Waals surface area contributed by atoms with Gasteiger partial charge in [-0.2, -0.15) is 0 Å². The van der Waals surface area contributed by atoms with E-state index in [2.05, 4.69) is 33.8 Å². The summed E-state index contributed by atoms with van der Waals surface area (Å²) < 4.78 is 12.6. The van der Waals surface area contributed by atoms with E-state index in [0.29, 0.717) is 6.10 Å². The van der Waals surface area contributed by atoms with Gasteiger partial charge in [-0.1, -0.05) is 5.21 Å². The van der Waals surface area contributed by atoms with E-state index >= 15 is 0 Å². The van der Waals surface area contributed by atoms with Gasteiger partial charge < -0.3 is 9.47 Å². The van der Waals surface area contributed by atoms with E-state index in [1.54, 1.807) is 10.9 Å². The first-order chi connectivity index (χ1) is 11.0. The standard InChI is InChI=1S/C16H26N4O3/c1-16(2)7-6-13(23-16)10-19-8-4-5-12(9-19)20-11-14(17-18-20)15(21)22-3/h11-13H,4-10H2,1-3H3/t12-,13+/m1/s1. The van der Waals surface area contributed by atoms with E-state index in [4.69, 9.17) is 4.74 Å². The predicted octanol–water partition coefficient (Wildman–Crippen LogP) is 1.66. The van der Waals surface area contributed by atoms with Crippen molar-refractivity contribution >= 4 is 5.97 Å². The highest BCUT2D eigenvalue weighted by atomic mass is 16.5. The molecule has 0 spiro atoms. The van der Waals surface area contributed by atoms with Crippen LogP contribution in [0.2, 0.25) is 0 Å². The Morgan fingerprint density at radius 3 is 3.00 bits per heavy atom. The highest BCUT2D eigenvalue weighted by Crippen LogP contribution is 2.31. The first kappa shape index (κ1) is 16.4. The van der Waals surface area contributed by atoms with Crippen LogP contribution in [0.5, 0.6) is 0 Å². The van der Waals surface area contributed by atoms with Crippen molar-refractivity contribution in [1.29, 1.82) is 0 Å². The number of esters is 1. The molecule has 3 heterocycles. The average Bonchev–Trinajstić information content (AvgIpc) is 3.13.